The molecule has 0 bridgehead atoms. The minimum absolute atomic E-state index is 0.176. The van der Waals surface area contributed by atoms with E-state index < -0.39 is 5.91 Å². The average molecular weight is 401 g/mol. The van der Waals surface area contributed by atoms with Crippen molar-refractivity contribution in [3.05, 3.63) is 22.2 Å². The first kappa shape index (κ1) is 20.8. The van der Waals surface area contributed by atoms with Gasteiger partial charge in [-0.1, -0.05) is 39.0 Å². The quantitative estimate of drug-likeness (QED) is 0.494. The summed E-state index contributed by atoms with van der Waals surface area (Å²) in [7, 11) is 1.58. The maximum absolute atomic E-state index is 10.9. The number of carbonyl (C=O) groups is 1. The van der Waals surface area contributed by atoms with Gasteiger partial charge in [0.05, 0.1) is 11.6 Å². The van der Waals surface area contributed by atoms with Gasteiger partial charge in [0, 0.05) is 6.54 Å². The van der Waals surface area contributed by atoms with Crippen molar-refractivity contribution in [2.45, 2.75) is 52.0 Å². The van der Waals surface area contributed by atoms with Crippen molar-refractivity contribution in [1.29, 1.82) is 0 Å². The molecule has 1 aromatic rings. The summed E-state index contributed by atoms with van der Waals surface area (Å²) in [6.45, 7) is 3.83. The number of amides is 1. The average Bonchev–Trinajstić information content (AvgIpc) is 2.55. The zero-order valence-electron chi connectivity index (χ0n) is 14.7. The van der Waals surface area contributed by atoms with Crippen LogP contribution in [0.4, 0.5) is 0 Å². The molecule has 0 saturated carbocycles. The first-order valence-corrected chi connectivity index (χ1v) is 9.36. The molecule has 0 fully saturated rings. The maximum atomic E-state index is 10.9. The Morgan fingerprint density at radius 1 is 1.21 bits per heavy atom. The predicted molar refractivity (Wildman–Crippen MR) is 100 cm³/mol. The number of methoxy groups -OCH3 is 1. The van der Waals surface area contributed by atoms with Crippen molar-refractivity contribution in [3.63, 3.8) is 0 Å². The van der Waals surface area contributed by atoms with Gasteiger partial charge in [-0.25, -0.2) is 0 Å². The van der Waals surface area contributed by atoms with E-state index in [1.165, 1.54) is 38.5 Å². The lowest BCUT2D eigenvalue weighted by molar-refractivity contribution is -0.119. The number of benzene rings is 1. The summed E-state index contributed by atoms with van der Waals surface area (Å²) < 4.78 is 11.5. The molecule has 0 aromatic heterocycles. The van der Waals surface area contributed by atoms with Gasteiger partial charge in [0.25, 0.3) is 5.91 Å². The third-order valence-corrected chi connectivity index (χ3v) is 4.27. The largest absolute Gasteiger partial charge is 0.493 e. The van der Waals surface area contributed by atoms with Gasteiger partial charge in [-0.15, -0.1) is 0 Å². The Balaban J connectivity index is 2.43. The molecule has 0 radical (unpaired) electrons. The summed E-state index contributed by atoms with van der Waals surface area (Å²) in [4.78, 5) is 10.9. The summed E-state index contributed by atoms with van der Waals surface area (Å²) in [6.07, 6.45) is 7.76. The van der Waals surface area contributed by atoms with Crippen LogP contribution in [-0.4, -0.2) is 26.2 Å². The number of hydrogen-bond acceptors (Lipinski definition) is 4. The van der Waals surface area contributed by atoms with E-state index in [2.05, 4.69) is 28.2 Å². The minimum Gasteiger partial charge on any atom is -0.493 e. The molecule has 0 atom stereocenters. The molecule has 1 aromatic carbocycles. The van der Waals surface area contributed by atoms with Crippen LogP contribution in [0.1, 0.15) is 51.0 Å². The summed E-state index contributed by atoms with van der Waals surface area (Å²) in [5.74, 6) is 0.562. The SMILES string of the molecule is CCCCCCCCNCc1cc(Br)c(OCC(N)=O)c(OC)c1. The number of ether oxygens (including phenoxy) is 2. The number of primary amides is 1. The molecule has 0 aliphatic carbocycles. The second-order valence-electron chi connectivity index (χ2n) is 5.81. The zero-order chi connectivity index (χ0) is 17.8. The van der Waals surface area contributed by atoms with Gasteiger partial charge in [0.15, 0.2) is 18.1 Å². The van der Waals surface area contributed by atoms with Crippen LogP contribution < -0.4 is 20.5 Å². The highest BCUT2D eigenvalue weighted by Crippen LogP contribution is 2.36. The molecule has 0 saturated heterocycles. The van der Waals surface area contributed by atoms with Gasteiger partial charge in [-0.2, -0.15) is 0 Å². The third-order valence-electron chi connectivity index (χ3n) is 3.68. The fourth-order valence-corrected chi connectivity index (χ4v) is 3.03. The molecule has 24 heavy (non-hydrogen) atoms. The third kappa shape index (κ3) is 8.02. The molecule has 0 heterocycles. The van der Waals surface area contributed by atoms with Crippen molar-refractivity contribution in [2.75, 3.05) is 20.3 Å². The molecular weight excluding hydrogens is 372 g/mol. The Hall–Kier alpha value is -1.27. The Bertz CT molecular complexity index is 509. The van der Waals surface area contributed by atoms with Gasteiger partial charge >= 0.3 is 0 Å². The molecule has 5 nitrogen and oxygen atoms in total. The van der Waals surface area contributed by atoms with E-state index in [9.17, 15) is 4.79 Å². The highest BCUT2D eigenvalue weighted by Gasteiger charge is 2.12. The lowest BCUT2D eigenvalue weighted by Gasteiger charge is -2.14. The van der Waals surface area contributed by atoms with Gasteiger partial charge in [-0.05, 0) is 46.6 Å². The van der Waals surface area contributed by atoms with E-state index in [4.69, 9.17) is 15.2 Å². The van der Waals surface area contributed by atoms with Crippen LogP contribution in [0.2, 0.25) is 0 Å². The monoisotopic (exact) mass is 400 g/mol. The van der Waals surface area contributed by atoms with E-state index in [0.29, 0.717) is 11.5 Å². The molecular formula is C18H29BrN2O3. The van der Waals surface area contributed by atoms with Crippen LogP contribution in [0, 0.1) is 0 Å². The van der Waals surface area contributed by atoms with E-state index in [1.807, 2.05) is 12.1 Å². The standard InChI is InChI=1S/C18H29BrN2O3/c1-3-4-5-6-7-8-9-21-12-14-10-15(19)18(16(11-14)23-2)24-13-17(20)22/h10-11,21H,3-9,12-13H2,1-2H3,(H2,20,22). The Labute approximate surface area is 153 Å². The summed E-state index contributed by atoms with van der Waals surface area (Å²) in [6, 6.07) is 3.88. The number of hydrogen-bond donors (Lipinski definition) is 2. The Morgan fingerprint density at radius 3 is 2.58 bits per heavy atom. The topological polar surface area (TPSA) is 73.6 Å². The molecule has 0 aliphatic heterocycles. The van der Waals surface area contributed by atoms with Gasteiger partial charge in [0.1, 0.15) is 0 Å². The van der Waals surface area contributed by atoms with Gasteiger partial charge < -0.3 is 20.5 Å². The van der Waals surface area contributed by atoms with E-state index in [1.54, 1.807) is 7.11 Å². The molecule has 3 N–H and O–H groups in total. The highest BCUT2D eigenvalue weighted by atomic mass is 79.9. The van der Waals surface area contributed by atoms with Crippen LogP contribution in [0.15, 0.2) is 16.6 Å². The normalized spacial score (nSPS) is 10.6. The zero-order valence-corrected chi connectivity index (χ0v) is 16.3. The van der Waals surface area contributed by atoms with Gasteiger partial charge in [0.2, 0.25) is 0 Å². The fraction of sp³-hybridized carbons (Fsp3) is 0.611. The first-order valence-electron chi connectivity index (χ1n) is 8.56. The number of unbranched alkanes of at least 4 members (excludes halogenated alkanes) is 5. The molecule has 6 heteroatoms. The van der Waals surface area contributed by atoms with Crippen molar-refractivity contribution in [1.82, 2.24) is 5.32 Å². The van der Waals surface area contributed by atoms with Crippen LogP contribution >= 0.6 is 15.9 Å². The first-order chi connectivity index (χ1) is 11.6. The minimum atomic E-state index is -0.520. The second-order valence-corrected chi connectivity index (χ2v) is 6.66. The maximum Gasteiger partial charge on any atom is 0.255 e. The molecule has 0 unspecified atom stereocenters. The van der Waals surface area contributed by atoms with Crippen LogP contribution in [0.3, 0.4) is 0 Å². The molecule has 0 aliphatic rings. The van der Waals surface area contributed by atoms with Crippen LogP contribution in [0.5, 0.6) is 11.5 Å². The van der Waals surface area contributed by atoms with Crippen LogP contribution in [0.25, 0.3) is 0 Å². The lowest BCUT2D eigenvalue weighted by Crippen LogP contribution is -2.20. The second kappa shape index (κ2) is 12.1. The number of carbonyl (C=O) groups excluding carboxylic acids is 1. The number of nitrogens with two attached hydrogens (primary N) is 1. The summed E-state index contributed by atoms with van der Waals surface area (Å²) in [5, 5.41) is 3.45. The fourth-order valence-electron chi connectivity index (χ4n) is 2.42. The number of halogens is 1. The Morgan fingerprint density at radius 2 is 1.92 bits per heavy atom. The van der Waals surface area contributed by atoms with Crippen molar-refractivity contribution in [2.24, 2.45) is 5.73 Å². The highest BCUT2D eigenvalue weighted by molar-refractivity contribution is 9.10. The molecule has 136 valence electrons. The van der Waals surface area contributed by atoms with E-state index in [0.717, 1.165) is 23.1 Å². The predicted octanol–water partition coefficient (Wildman–Crippen LogP) is 3.77. The van der Waals surface area contributed by atoms with E-state index in [-0.39, 0.29) is 6.61 Å². The number of nitrogens with one attached hydrogen (secondary N) is 1. The van der Waals surface area contributed by atoms with Gasteiger partial charge in [-0.3, -0.25) is 4.79 Å². The van der Waals surface area contributed by atoms with Crippen molar-refractivity contribution >= 4 is 21.8 Å². The van der Waals surface area contributed by atoms with Crippen LogP contribution in [-0.2, 0) is 11.3 Å². The lowest BCUT2D eigenvalue weighted by atomic mass is 10.1. The smallest absolute Gasteiger partial charge is 0.255 e. The summed E-state index contributed by atoms with van der Waals surface area (Å²) >= 11 is 3.46. The van der Waals surface area contributed by atoms with Crippen molar-refractivity contribution in [3.8, 4) is 11.5 Å². The molecule has 0 spiro atoms. The van der Waals surface area contributed by atoms with Crippen molar-refractivity contribution < 1.29 is 14.3 Å². The number of rotatable bonds is 13. The molecule has 1 amide bonds. The van der Waals surface area contributed by atoms with E-state index >= 15 is 0 Å². The summed E-state index contributed by atoms with van der Waals surface area (Å²) in [5.41, 5.74) is 6.21. The Kier molecular flexibility index (Phi) is 10.5. The molecule has 1 rings (SSSR count).